The van der Waals surface area contributed by atoms with Gasteiger partial charge in [-0.15, -0.1) is 0 Å². The third kappa shape index (κ3) is 4.50. The predicted octanol–water partition coefficient (Wildman–Crippen LogP) is 3.65. The standard InChI is InChI=1S/C17H17F2N3O3/c1-3-21(12-5-6-13(18)14(19)9-12)10-17(23)20-15-7-4-11(2)8-16(15)22(24)25/h4-9H,3,10H2,1-2H3,(H,20,23). The minimum atomic E-state index is -1.01. The summed E-state index contributed by atoms with van der Waals surface area (Å²) < 4.78 is 26.4. The molecular formula is C17H17F2N3O3. The number of carbonyl (C=O) groups excluding carboxylic acids is 1. The molecule has 0 aromatic heterocycles. The smallest absolute Gasteiger partial charge is 0.293 e. The van der Waals surface area contributed by atoms with E-state index in [-0.39, 0.29) is 17.9 Å². The molecule has 0 saturated heterocycles. The molecule has 6 nitrogen and oxygen atoms in total. The Morgan fingerprint density at radius 2 is 1.92 bits per heavy atom. The maximum atomic E-state index is 13.4. The highest BCUT2D eigenvalue weighted by molar-refractivity contribution is 5.96. The first-order valence-electron chi connectivity index (χ1n) is 7.56. The number of amides is 1. The normalized spacial score (nSPS) is 10.4. The number of carbonyl (C=O) groups is 1. The van der Waals surface area contributed by atoms with Gasteiger partial charge < -0.3 is 10.2 Å². The Labute approximate surface area is 143 Å². The van der Waals surface area contributed by atoms with Gasteiger partial charge in [0.1, 0.15) is 5.69 Å². The molecule has 132 valence electrons. The van der Waals surface area contributed by atoms with Crippen molar-refractivity contribution in [3.05, 3.63) is 63.7 Å². The molecule has 8 heteroatoms. The van der Waals surface area contributed by atoms with E-state index in [1.165, 1.54) is 23.1 Å². The van der Waals surface area contributed by atoms with Crippen molar-refractivity contribution in [1.29, 1.82) is 0 Å². The number of likely N-dealkylation sites (N-methyl/N-ethyl adjacent to an activating group) is 1. The SMILES string of the molecule is CCN(CC(=O)Nc1ccc(C)cc1[N+](=O)[O-])c1ccc(F)c(F)c1. The van der Waals surface area contributed by atoms with Crippen LogP contribution in [0.25, 0.3) is 0 Å². The summed E-state index contributed by atoms with van der Waals surface area (Å²) in [5.41, 5.74) is 0.919. The van der Waals surface area contributed by atoms with Crippen molar-refractivity contribution in [2.75, 3.05) is 23.3 Å². The number of nitrogens with one attached hydrogen (secondary N) is 1. The number of nitro benzene ring substituents is 1. The van der Waals surface area contributed by atoms with Crippen molar-refractivity contribution >= 4 is 23.0 Å². The molecule has 25 heavy (non-hydrogen) atoms. The first kappa shape index (κ1) is 18.3. The lowest BCUT2D eigenvalue weighted by molar-refractivity contribution is -0.384. The van der Waals surface area contributed by atoms with Crippen LogP contribution in [0.5, 0.6) is 0 Å². The number of anilines is 2. The fourth-order valence-electron chi connectivity index (χ4n) is 2.33. The third-order valence-corrected chi connectivity index (χ3v) is 3.61. The molecule has 2 rings (SSSR count). The summed E-state index contributed by atoms with van der Waals surface area (Å²) in [7, 11) is 0. The number of aryl methyl sites for hydroxylation is 1. The Hall–Kier alpha value is -3.03. The van der Waals surface area contributed by atoms with Crippen LogP contribution >= 0.6 is 0 Å². The van der Waals surface area contributed by atoms with E-state index in [0.717, 1.165) is 12.1 Å². The monoisotopic (exact) mass is 349 g/mol. The molecule has 0 aliphatic rings. The minimum absolute atomic E-state index is 0.0851. The summed E-state index contributed by atoms with van der Waals surface area (Å²) in [6.45, 7) is 3.67. The Morgan fingerprint density at radius 1 is 1.20 bits per heavy atom. The Morgan fingerprint density at radius 3 is 2.52 bits per heavy atom. The maximum Gasteiger partial charge on any atom is 0.293 e. The van der Waals surface area contributed by atoms with E-state index >= 15 is 0 Å². The molecule has 0 bridgehead atoms. The van der Waals surface area contributed by atoms with Gasteiger partial charge in [-0.2, -0.15) is 0 Å². The highest BCUT2D eigenvalue weighted by atomic mass is 19.2. The number of nitrogens with zero attached hydrogens (tertiary/aromatic N) is 2. The molecule has 0 heterocycles. The highest BCUT2D eigenvalue weighted by Gasteiger charge is 2.18. The van der Waals surface area contributed by atoms with Gasteiger partial charge >= 0.3 is 0 Å². The van der Waals surface area contributed by atoms with E-state index in [1.54, 1.807) is 19.9 Å². The Bertz CT molecular complexity index is 812. The zero-order valence-corrected chi connectivity index (χ0v) is 13.8. The van der Waals surface area contributed by atoms with Crippen molar-refractivity contribution in [3.8, 4) is 0 Å². The molecule has 0 saturated carbocycles. The van der Waals surface area contributed by atoms with Gasteiger partial charge in [-0.1, -0.05) is 6.07 Å². The zero-order valence-electron chi connectivity index (χ0n) is 13.8. The molecule has 0 fully saturated rings. The second-order valence-corrected chi connectivity index (χ2v) is 5.44. The van der Waals surface area contributed by atoms with E-state index in [2.05, 4.69) is 5.32 Å². The van der Waals surface area contributed by atoms with E-state index in [9.17, 15) is 23.7 Å². The van der Waals surface area contributed by atoms with E-state index in [1.807, 2.05) is 0 Å². The molecule has 0 radical (unpaired) electrons. The van der Waals surface area contributed by atoms with Gasteiger partial charge in [-0.25, -0.2) is 8.78 Å². The first-order chi connectivity index (χ1) is 11.8. The van der Waals surface area contributed by atoms with Crippen molar-refractivity contribution in [2.24, 2.45) is 0 Å². The lowest BCUT2D eigenvalue weighted by Gasteiger charge is -2.22. The molecule has 0 aliphatic heterocycles. The summed E-state index contributed by atoms with van der Waals surface area (Å²) in [5.74, 6) is -2.48. The average molecular weight is 349 g/mol. The van der Waals surface area contributed by atoms with Crippen LogP contribution in [0.4, 0.5) is 25.8 Å². The third-order valence-electron chi connectivity index (χ3n) is 3.61. The van der Waals surface area contributed by atoms with E-state index in [0.29, 0.717) is 17.8 Å². The van der Waals surface area contributed by atoms with Crippen LogP contribution in [0.3, 0.4) is 0 Å². The van der Waals surface area contributed by atoms with Gasteiger partial charge in [-0.3, -0.25) is 14.9 Å². The fraction of sp³-hybridized carbons (Fsp3) is 0.235. The average Bonchev–Trinajstić information content (AvgIpc) is 2.56. The van der Waals surface area contributed by atoms with Crippen LogP contribution in [0, 0.1) is 28.7 Å². The van der Waals surface area contributed by atoms with Crippen LogP contribution in [-0.2, 0) is 4.79 Å². The summed E-state index contributed by atoms with van der Waals surface area (Å²) in [4.78, 5) is 24.3. The molecule has 2 aromatic carbocycles. The van der Waals surface area contributed by atoms with Crippen LogP contribution < -0.4 is 10.2 Å². The second kappa shape index (κ2) is 7.69. The summed E-state index contributed by atoms with van der Waals surface area (Å²) in [6, 6.07) is 7.82. The van der Waals surface area contributed by atoms with Gasteiger partial charge in [0.2, 0.25) is 5.91 Å². The molecule has 1 N–H and O–H groups in total. The van der Waals surface area contributed by atoms with Crippen molar-refractivity contribution in [2.45, 2.75) is 13.8 Å². The number of rotatable bonds is 6. The summed E-state index contributed by atoms with van der Waals surface area (Å²) >= 11 is 0. The van der Waals surface area contributed by atoms with E-state index < -0.39 is 22.5 Å². The maximum absolute atomic E-state index is 13.4. The second-order valence-electron chi connectivity index (χ2n) is 5.44. The van der Waals surface area contributed by atoms with Crippen molar-refractivity contribution in [3.63, 3.8) is 0 Å². The fourth-order valence-corrected chi connectivity index (χ4v) is 2.33. The van der Waals surface area contributed by atoms with Crippen molar-refractivity contribution in [1.82, 2.24) is 0 Å². The molecule has 0 atom stereocenters. The van der Waals surface area contributed by atoms with Gasteiger partial charge in [0.15, 0.2) is 11.6 Å². The van der Waals surface area contributed by atoms with Crippen LogP contribution in [0.1, 0.15) is 12.5 Å². The number of halogens is 2. The quantitative estimate of drug-likeness (QED) is 0.638. The Kier molecular flexibility index (Phi) is 5.63. The number of benzene rings is 2. The molecule has 1 amide bonds. The minimum Gasteiger partial charge on any atom is -0.362 e. The van der Waals surface area contributed by atoms with Gasteiger partial charge in [-0.05, 0) is 37.6 Å². The van der Waals surface area contributed by atoms with Crippen molar-refractivity contribution < 1.29 is 18.5 Å². The van der Waals surface area contributed by atoms with Gasteiger partial charge in [0.05, 0.1) is 11.5 Å². The van der Waals surface area contributed by atoms with Gasteiger partial charge in [0.25, 0.3) is 5.69 Å². The lowest BCUT2D eigenvalue weighted by atomic mass is 10.2. The number of hydrogen-bond donors (Lipinski definition) is 1. The Balaban J connectivity index is 2.15. The zero-order chi connectivity index (χ0) is 18.6. The molecule has 0 spiro atoms. The number of hydrogen-bond acceptors (Lipinski definition) is 4. The number of nitro groups is 1. The summed E-state index contributed by atoms with van der Waals surface area (Å²) in [5, 5.41) is 13.6. The lowest BCUT2D eigenvalue weighted by Crippen LogP contribution is -2.33. The van der Waals surface area contributed by atoms with Crippen LogP contribution in [0.2, 0.25) is 0 Å². The van der Waals surface area contributed by atoms with E-state index in [4.69, 9.17) is 0 Å². The van der Waals surface area contributed by atoms with Gasteiger partial charge in [0, 0.05) is 24.4 Å². The summed E-state index contributed by atoms with van der Waals surface area (Å²) in [6.07, 6.45) is 0. The first-order valence-corrected chi connectivity index (χ1v) is 7.56. The molecule has 0 aliphatic carbocycles. The molecular weight excluding hydrogens is 332 g/mol. The molecule has 2 aromatic rings. The largest absolute Gasteiger partial charge is 0.362 e. The topological polar surface area (TPSA) is 75.5 Å². The highest BCUT2D eigenvalue weighted by Crippen LogP contribution is 2.25. The van der Waals surface area contributed by atoms with Crippen LogP contribution in [0.15, 0.2) is 36.4 Å². The predicted molar refractivity (Wildman–Crippen MR) is 90.7 cm³/mol. The molecule has 0 unspecified atom stereocenters. The van der Waals surface area contributed by atoms with Crippen LogP contribution in [-0.4, -0.2) is 23.9 Å².